The lowest BCUT2D eigenvalue weighted by Crippen LogP contribution is -2.29. The van der Waals surface area contributed by atoms with Crippen molar-refractivity contribution >= 4 is 37.5 Å². The van der Waals surface area contributed by atoms with E-state index in [-0.39, 0.29) is 33.0 Å². The predicted octanol–water partition coefficient (Wildman–Crippen LogP) is 2.70. The molecule has 0 radical (unpaired) electrons. The number of anilines is 1. The van der Waals surface area contributed by atoms with Crippen LogP contribution in [0.1, 0.15) is 5.56 Å². The van der Waals surface area contributed by atoms with Gasteiger partial charge in [-0.25, -0.2) is 22.0 Å². The van der Waals surface area contributed by atoms with Crippen molar-refractivity contribution in [2.45, 2.75) is 26.6 Å². The summed E-state index contributed by atoms with van der Waals surface area (Å²) in [5.41, 5.74) is -3.64. The molecular weight excluding hydrogens is 425 g/mol. The number of halogens is 3. The van der Waals surface area contributed by atoms with Gasteiger partial charge in [-0.05, 0) is 66.2 Å². The van der Waals surface area contributed by atoms with Gasteiger partial charge in [-0.15, -0.1) is 0 Å². The van der Waals surface area contributed by atoms with E-state index in [1.54, 1.807) is 0 Å². The maximum Gasteiger partial charge on any atom is 0.446 e. The summed E-state index contributed by atoms with van der Waals surface area (Å²) in [6, 6.07) is 8.29. The van der Waals surface area contributed by atoms with Crippen molar-refractivity contribution in [1.82, 2.24) is 0 Å². The van der Waals surface area contributed by atoms with Gasteiger partial charge in [0.25, 0.3) is 10.0 Å². The van der Waals surface area contributed by atoms with Crippen LogP contribution in [0, 0.1) is 0 Å². The summed E-state index contributed by atoms with van der Waals surface area (Å²) in [5, 5.41) is 5.08. The first kappa shape index (κ1) is 20.0. The molecule has 6 nitrogen and oxygen atoms in total. The monoisotopic (exact) mass is 438 g/mol. The van der Waals surface area contributed by atoms with Crippen LogP contribution < -0.4 is 9.44 Å². The van der Waals surface area contributed by atoms with Crippen LogP contribution in [-0.4, -0.2) is 28.9 Å². The highest BCUT2D eigenvalue weighted by atomic mass is 32.2. The molecule has 0 spiro atoms. The molecule has 1 aliphatic heterocycles. The highest BCUT2D eigenvalue weighted by molar-refractivity contribution is 8.00. The molecular formula is C15H13F3N2O4S3. The van der Waals surface area contributed by atoms with Crippen molar-refractivity contribution in [3.8, 4) is 0 Å². The zero-order valence-corrected chi connectivity index (χ0v) is 15.9. The topological polar surface area (TPSA) is 97.5 Å². The quantitative estimate of drug-likeness (QED) is 0.741. The molecule has 146 valence electrons. The van der Waals surface area contributed by atoms with Crippen LogP contribution in [0.25, 0.3) is 0 Å². The average Bonchev–Trinajstić information content (AvgIpc) is 2.97. The lowest BCUT2D eigenvalue weighted by atomic mass is 10.2. The number of thioether (sulfide) groups is 1. The Balaban J connectivity index is 1.92. The molecule has 3 rings (SSSR count). The predicted molar refractivity (Wildman–Crippen MR) is 94.4 cm³/mol. The summed E-state index contributed by atoms with van der Waals surface area (Å²) in [7, 11) is -7.91. The van der Waals surface area contributed by atoms with E-state index in [0.29, 0.717) is 17.7 Å². The molecule has 27 heavy (non-hydrogen) atoms. The number of sulfonamides is 2. The summed E-state index contributed by atoms with van der Waals surface area (Å²) in [4.78, 5) is -0.396. The summed E-state index contributed by atoms with van der Waals surface area (Å²) in [6.45, 7) is 0.0881. The van der Waals surface area contributed by atoms with E-state index in [9.17, 15) is 30.0 Å². The van der Waals surface area contributed by atoms with Crippen molar-refractivity contribution in [3.63, 3.8) is 0 Å². The van der Waals surface area contributed by atoms with Crippen LogP contribution in [0.4, 0.5) is 18.9 Å². The van der Waals surface area contributed by atoms with Crippen LogP contribution in [0.2, 0.25) is 0 Å². The maximum atomic E-state index is 12.8. The minimum Gasteiger partial charge on any atom is -0.266 e. The molecule has 2 aromatic rings. The number of alkyl halides is 3. The van der Waals surface area contributed by atoms with Crippen LogP contribution in [0.15, 0.2) is 57.2 Å². The number of nitrogens with zero attached hydrogens (tertiary/aromatic N) is 1. The Bertz CT molecular complexity index is 1080. The number of hydrogen-bond acceptors (Lipinski definition) is 5. The van der Waals surface area contributed by atoms with Gasteiger partial charge in [-0.2, -0.15) is 13.2 Å². The van der Waals surface area contributed by atoms with Crippen LogP contribution in [-0.2, 0) is 26.5 Å². The van der Waals surface area contributed by atoms with E-state index in [0.717, 1.165) is 28.6 Å². The summed E-state index contributed by atoms with van der Waals surface area (Å²) in [5.74, 6) is 0. The Morgan fingerprint density at radius 3 is 2.11 bits per heavy atom. The molecule has 0 atom stereocenters. The van der Waals surface area contributed by atoms with Crippen LogP contribution >= 0.6 is 11.8 Å². The van der Waals surface area contributed by atoms with Gasteiger partial charge in [-0.3, -0.25) is 4.31 Å². The fourth-order valence-electron chi connectivity index (χ4n) is 2.72. The third kappa shape index (κ3) is 4.23. The third-order valence-corrected chi connectivity index (χ3v) is 7.36. The van der Waals surface area contributed by atoms with Crippen molar-refractivity contribution in [2.75, 3.05) is 10.8 Å². The number of hydrogen-bond donors (Lipinski definition) is 1. The van der Waals surface area contributed by atoms with Crippen molar-refractivity contribution in [2.24, 2.45) is 5.14 Å². The lowest BCUT2D eigenvalue weighted by Gasteiger charge is -2.20. The second-order valence-electron chi connectivity index (χ2n) is 5.68. The maximum absolute atomic E-state index is 12.8. The molecule has 0 amide bonds. The standard InChI is InChI=1S/C15H13F3N2O4S3/c16-15(17,18)25-11-1-3-12(4-2-11)27(23,24)20-8-7-10-9-13(26(19,21)22)5-6-14(10)20/h1-6,9H,7-8H2,(H2,19,21,22). The number of rotatable bonds is 4. The fourth-order valence-corrected chi connectivity index (χ4v) is 5.32. The van der Waals surface area contributed by atoms with Gasteiger partial charge in [0.2, 0.25) is 10.0 Å². The molecule has 1 aliphatic rings. The fraction of sp³-hybridized carbons (Fsp3) is 0.200. The number of nitrogens with two attached hydrogens (primary N) is 1. The smallest absolute Gasteiger partial charge is 0.266 e. The number of benzene rings is 2. The van der Waals surface area contributed by atoms with Gasteiger partial charge in [0.15, 0.2) is 0 Å². The summed E-state index contributed by atoms with van der Waals surface area (Å²) in [6.07, 6.45) is 0.292. The van der Waals surface area contributed by atoms with Gasteiger partial charge in [0, 0.05) is 11.4 Å². The lowest BCUT2D eigenvalue weighted by molar-refractivity contribution is -0.0328. The number of fused-ring (bicyclic) bond motifs is 1. The molecule has 1 heterocycles. The largest absolute Gasteiger partial charge is 0.446 e. The average molecular weight is 438 g/mol. The highest BCUT2D eigenvalue weighted by Gasteiger charge is 2.32. The third-order valence-electron chi connectivity index (χ3n) is 3.88. The summed E-state index contributed by atoms with van der Waals surface area (Å²) >= 11 is -0.332. The first-order valence-corrected chi connectivity index (χ1v) is 11.2. The van der Waals surface area contributed by atoms with Gasteiger partial charge in [-0.1, -0.05) is 0 Å². The van der Waals surface area contributed by atoms with Gasteiger partial charge in [0.1, 0.15) is 0 Å². The van der Waals surface area contributed by atoms with Gasteiger partial charge in [0.05, 0.1) is 15.5 Å². The molecule has 0 unspecified atom stereocenters. The molecule has 2 aromatic carbocycles. The van der Waals surface area contributed by atoms with Crippen LogP contribution in [0.3, 0.4) is 0 Å². The van der Waals surface area contributed by atoms with E-state index >= 15 is 0 Å². The molecule has 0 aromatic heterocycles. The summed E-state index contributed by atoms with van der Waals surface area (Å²) < 4.78 is 86.8. The van der Waals surface area contributed by atoms with Crippen LogP contribution in [0.5, 0.6) is 0 Å². The van der Waals surface area contributed by atoms with Crippen molar-refractivity contribution in [3.05, 3.63) is 48.0 Å². The molecule has 0 fully saturated rings. The van der Waals surface area contributed by atoms with Crippen molar-refractivity contribution in [1.29, 1.82) is 0 Å². The zero-order chi connectivity index (χ0) is 20.0. The molecule has 0 saturated carbocycles. The van der Waals surface area contributed by atoms with E-state index in [2.05, 4.69) is 0 Å². The Morgan fingerprint density at radius 2 is 1.56 bits per heavy atom. The van der Waals surface area contributed by atoms with E-state index in [1.807, 2.05) is 0 Å². The minimum absolute atomic E-state index is 0.0881. The van der Waals surface area contributed by atoms with E-state index < -0.39 is 25.6 Å². The Morgan fingerprint density at radius 1 is 0.963 bits per heavy atom. The van der Waals surface area contributed by atoms with Crippen molar-refractivity contribution < 1.29 is 30.0 Å². The Labute approximate surface area is 158 Å². The molecule has 0 saturated heterocycles. The first-order valence-electron chi connectivity index (χ1n) is 7.42. The zero-order valence-electron chi connectivity index (χ0n) is 13.5. The highest BCUT2D eigenvalue weighted by Crippen LogP contribution is 2.38. The molecule has 0 bridgehead atoms. The second-order valence-corrected chi connectivity index (χ2v) is 10.2. The normalized spacial score (nSPS) is 15.0. The SMILES string of the molecule is NS(=O)(=O)c1ccc2c(c1)CCN2S(=O)(=O)c1ccc(SC(F)(F)F)cc1. The molecule has 2 N–H and O–H groups in total. The number of primary sulfonamides is 1. The Kier molecular flexibility index (Phi) is 4.95. The minimum atomic E-state index is -4.46. The van der Waals surface area contributed by atoms with E-state index in [1.165, 1.54) is 18.2 Å². The first-order chi connectivity index (χ1) is 12.4. The van der Waals surface area contributed by atoms with E-state index in [4.69, 9.17) is 5.14 Å². The molecule has 0 aliphatic carbocycles. The second kappa shape index (κ2) is 6.69. The van der Waals surface area contributed by atoms with Gasteiger partial charge < -0.3 is 0 Å². The van der Waals surface area contributed by atoms with Gasteiger partial charge >= 0.3 is 5.51 Å². The molecule has 12 heteroatoms. The Hall–Kier alpha value is -1.76.